The lowest BCUT2D eigenvalue weighted by molar-refractivity contribution is -0.921. The largest absolute Gasteiger partial charge is 0.370 e. The number of ether oxygens (including phenoxy) is 1. The molecule has 2 aromatic rings. The van der Waals surface area contributed by atoms with Gasteiger partial charge in [0, 0.05) is 16.8 Å². The molecule has 28 heavy (non-hydrogen) atoms. The second-order valence-electron chi connectivity index (χ2n) is 7.76. The number of carbonyl (C=O) groups is 1. The molecule has 1 aliphatic rings. The third kappa shape index (κ3) is 6.44. The maximum absolute atomic E-state index is 12.4. The van der Waals surface area contributed by atoms with Crippen molar-refractivity contribution in [3.63, 3.8) is 0 Å². The number of hydrogen-bond donors (Lipinski definition) is 3. The minimum atomic E-state index is 0.0502. The van der Waals surface area contributed by atoms with E-state index >= 15 is 0 Å². The number of nitrogens with one attached hydrogen (secondary N) is 3. The molecule has 3 rings (SSSR count). The molecule has 3 N–H and O–H groups in total. The highest BCUT2D eigenvalue weighted by Crippen LogP contribution is 2.09. The number of rotatable bonds is 8. The predicted octanol–water partition coefficient (Wildman–Crippen LogP) is 0.318. The topological polar surface area (TPSA) is 47.2 Å². The summed E-state index contributed by atoms with van der Waals surface area (Å²) in [5, 5.41) is 3.02. The highest BCUT2D eigenvalue weighted by molar-refractivity contribution is 5.91. The van der Waals surface area contributed by atoms with E-state index in [-0.39, 0.29) is 5.91 Å². The van der Waals surface area contributed by atoms with E-state index in [0.717, 1.165) is 51.5 Å². The van der Waals surface area contributed by atoms with Crippen LogP contribution in [0.5, 0.6) is 0 Å². The van der Waals surface area contributed by atoms with Gasteiger partial charge < -0.3 is 19.9 Å². The molecule has 1 fully saturated rings. The Hall–Kier alpha value is -2.21. The minimum Gasteiger partial charge on any atom is -0.370 e. The van der Waals surface area contributed by atoms with Crippen molar-refractivity contribution in [1.82, 2.24) is 0 Å². The van der Waals surface area contributed by atoms with E-state index in [0.29, 0.717) is 6.54 Å². The summed E-state index contributed by atoms with van der Waals surface area (Å²) in [4.78, 5) is 15.1. The Morgan fingerprint density at radius 3 is 2.25 bits per heavy atom. The molecule has 0 aliphatic carbocycles. The Morgan fingerprint density at radius 1 is 1.00 bits per heavy atom. The number of quaternary nitrogens is 2. The number of hydrogen-bond acceptors (Lipinski definition) is 2. The summed E-state index contributed by atoms with van der Waals surface area (Å²) >= 11 is 0. The zero-order valence-electron chi connectivity index (χ0n) is 17.1. The van der Waals surface area contributed by atoms with Crippen LogP contribution in [0.3, 0.4) is 0 Å². The van der Waals surface area contributed by atoms with Crippen molar-refractivity contribution >= 4 is 11.6 Å². The second kappa shape index (κ2) is 10.4. The van der Waals surface area contributed by atoms with Gasteiger partial charge in [0.25, 0.3) is 5.91 Å². The summed E-state index contributed by atoms with van der Waals surface area (Å²) in [6.45, 7) is 8.30. The molecule has 5 nitrogen and oxygen atoms in total. The fourth-order valence-corrected chi connectivity index (χ4v) is 3.61. The molecule has 2 aromatic carbocycles. The molecule has 1 unspecified atom stereocenters. The molecule has 0 bridgehead atoms. The summed E-state index contributed by atoms with van der Waals surface area (Å²) in [6, 6.07) is 16.9. The van der Waals surface area contributed by atoms with Crippen LogP contribution in [0.4, 0.5) is 5.69 Å². The van der Waals surface area contributed by atoms with Crippen LogP contribution in [-0.4, -0.2) is 45.8 Å². The van der Waals surface area contributed by atoms with Gasteiger partial charge in [-0.2, -0.15) is 0 Å². The van der Waals surface area contributed by atoms with Crippen molar-refractivity contribution < 1.29 is 19.3 Å². The Bertz CT molecular complexity index is 737. The molecule has 0 saturated carbocycles. The Balaban J connectivity index is 1.44. The summed E-state index contributed by atoms with van der Waals surface area (Å²) in [5.74, 6) is 0.0502. The van der Waals surface area contributed by atoms with Crippen LogP contribution >= 0.6 is 0 Å². The maximum atomic E-state index is 12.4. The van der Waals surface area contributed by atoms with Crippen molar-refractivity contribution in [2.75, 3.05) is 45.2 Å². The maximum Gasteiger partial charge on any atom is 0.279 e. The van der Waals surface area contributed by atoms with Crippen molar-refractivity contribution in [3.05, 3.63) is 65.2 Å². The van der Waals surface area contributed by atoms with Gasteiger partial charge in [-0.3, -0.25) is 4.79 Å². The third-order valence-electron chi connectivity index (χ3n) is 5.29. The molecule has 1 saturated heterocycles. The van der Waals surface area contributed by atoms with Gasteiger partial charge in [-0.1, -0.05) is 43.3 Å². The standard InChI is InChI=1S/C23H31N3O2/c1-3-19-4-6-20(7-5-19)16-25(2)18-23(27)24-22-10-8-21(9-11-22)17-26-12-14-28-15-13-26/h4-11H,3,12-18H2,1-2H3,(H,24,27)/p+2. The summed E-state index contributed by atoms with van der Waals surface area (Å²) in [5.41, 5.74) is 4.77. The molecule has 1 heterocycles. The lowest BCUT2D eigenvalue weighted by Crippen LogP contribution is -3.12. The Labute approximate surface area is 168 Å². The monoisotopic (exact) mass is 383 g/mol. The summed E-state index contributed by atoms with van der Waals surface area (Å²) in [7, 11) is 2.06. The second-order valence-corrected chi connectivity index (χ2v) is 7.76. The van der Waals surface area contributed by atoms with Gasteiger partial charge in [-0.05, 0) is 24.1 Å². The highest BCUT2D eigenvalue weighted by atomic mass is 16.5. The first kappa shape index (κ1) is 20.5. The molecule has 5 heteroatoms. The van der Waals surface area contributed by atoms with Crippen molar-refractivity contribution in [2.24, 2.45) is 0 Å². The molecule has 0 aromatic heterocycles. The lowest BCUT2D eigenvalue weighted by atomic mass is 10.1. The van der Waals surface area contributed by atoms with E-state index in [9.17, 15) is 4.79 Å². The number of amides is 1. The van der Waals surface area contributed by atoms with E-state index in [1.54, 1.807) is 4.90 Å². The SMILES string of the molecule is CCc1ccc(C[NH+](C)CC(=O)Nc2ccc(C[NH+]3CCOCC3)cc2)cc1. The molecule has 1 amide bonds. The van der Waals surface area contributed by atoms with Crippen LogP contribution in [0.1, 0.15) is 23.6 Å². The normalized spacial score (nSPS) is 15.9. The van der Waals surface area contributed by atoms with Crippen LogP contribution < -0.4 is 15.1 Å². The van der Waals surface area contributed by atoms with Gasteiger partial charge in [-0.15, -0.1) is 0 Å². The molecule has 150 valence electrons. The van der Waals surface area contributed by atoms with Crippen LogP contribution in [0.2, 0.25) is 0 Å². The zero-order chi connectivity index (χ0) is 19.8. The first-order valence-electron chi connectivity index (χ1n) is 10.3. The van der Waals surface area contributed by atoms with Crippen molar-refractivity contribution in [2.45, 2.75) is 26.4 Å². The predicted molar refractivity (Wildman–Crippen MR) is 112 cm³/mol. The van der Waals surface area contributed by atoms with Gasteiger partial charge in [0.1, 0.15) is 26.2 Å². The fraction of sp³-hybridized carbons (Fsp3) is 0.435. The minimum absolute atomic E-state index is 0.0502. The van der Waals surface area contributed by atoms with Gasteiger partial charge in [0.05, 0.1) is 20.3 Å². The lowest BCUT2D eigenvalue weighted by Gasteiger charge is -2.23. The van der Waals surface area contributed by atoms with E-state index in [4.69, 9.17) is 4.74 Å². The molecule has 0 radical (unpaired) electrons. The van der Waals surface area contributed by atoms with Gasteiger partial charge in [-0.25, -0.2) is 0 Å². The number of carbonyl (C=O) groups excluding carboxylic acids is 1. The fourth-order valence-electron chi connectivity index (χ4n) is 3.61. The van der Waals surface area contributed by atoms with Crippen LogP contribution in [-0.2, 0) is 29.0 Å². The highest BCUT2D eigenvalue weighted by Gasteiger charge is 2.14. The smallest absolute Gasteiger partial charge is 0.279 e. The zero-order valence-corrected chi connectivity index (χ0v) is 17.1. The van der Waals surface area contributed by atoms with Crippen molar-refractivity contribution in [3.8, 4) is 0 Å². The molecular formula is C23H33N3O2+2. The van der Waals surface area contributed by atoms with E-state index in [2.05, 4.69) is 55.7 Å². The number of likely N-dealkylation sites (N-methyl/N-ethyl adjacent to an activating group) is 1. The Kier molecular flexibility index (Phi) is 7.60. The van der Waals surface area contributed by atoms with Gasteiger partial charge in [0.15, 0.2) is 6.54 Å². The Morgan fingerprint density at radius 2 is 1.61 bits per heavy atom. The molecule has 1 aliphatic heterocycles. The molecule has 0 spiro atoms. The third-order valence-corrected chi connectivity index (χ3v) is 5.29. The average molecular weight is 384 g/mol. The van der Waals surface area contributed by atoms with Crippen LogP contribution in [0.25, 0.3) is 0 Å². The number of anilines is 1. The van der Waals surface area contributed by atoms with E-state index < -0.39 is 0 Å². The number of aryl methyl sites for hydroxylation is 1. The van der Waals surface area contributed by atoms with Gasteiger partial charge in [0.2, 0.25) is 0 Å². The molecule has 1 atom stereocenters. The summed E-state index contributed by atoms with van der Waals surface area (Å²) < 4.78 is 5.41. The summed E-state index contributed by atoms with van der Waals surface area (Å²) in [6.07, 6.45) is 1.05. The van der Waals surface area contributed by atoms with Crippen LogP contribution in [0.15, 0.2) is 48.5 Å². The first-order valence-corrected chi connectivity index (χ1v) is 10.3. The van der Waals surface area contributed by atoms with E-state index in [1.807, 2.05) is 12.1 Å². The van der Waals surface area contributed by atoms with Crippen molar-refractivity contribution in [1.29, 1.82) is 0 Å². The van der Waals surface area contributed by atoms with E-state index in [1.165, 1.54) is 21.6 Å². The number of morpholine rings is 1. The molecular weight excluding hydrogens is 350 g/mol. The first-order chi connectivity index (χ1) is 13.6. The number of benzene rings is 2. The average Bonchev–Trinajstić information content (AvgIpc) is 2.70. The quantitative estimate of drug-likeness (QED) is 0.615. The van der Waals surface area contributed by atoms with Crippen LogP contribution in [0, 0.1) is 0 Å². The van der Waals surface area contributed by atoms with Gasteiger partial charge >= 0.3 is 0 Å².